The molecule has 0 spiro atoms. The largest absolute Gasteiger partial charge is 0.340 e. The molecule has 3 rings (SSSR count). The first-order valence-corrected chi connectivity index (χ1v) is 10.6. The lowest BCUT2D eigenvalue weighted by Gasteiger charge is -2.34. The van der Waals surface area contributed by atoms with Crippen LogP contribution in [0.4, 0.5) is 0 Å². The van der Waals surface area contributed by atoms with Gasteiger partial charge in [0.05, 0.1) is 4.90 Å². The van der Waals surface area contributed by atoms with E-state index in [0.717, 1.165) is 13.1 Å². The number of halogens is 1. The van der Waals surface area contributed by atoms with E-state index in [1.54, 1.807) is 21.9 Å². The van der Waals surface area contributed by atoms with Crippen molar-refractivity contribution in [3.8, 4) is 0 Å². The molecule has 28 heavy (non-hydrogen) atoms. The Morgan fingerprint density at radius 2 is 1.64 bits per heavy atom. The van der Waals surface area contributed by atoms with Crippen LogP contribution >= 0.6 is 12.4 Å². The zero-order valence-corrected chi connectivity index (χ0v) is 17.8. The molecule has 2 fully saturated rings. The van der Waals surface area contributed by atoms with E-state index in [0.29, 0.717) is 25.2 Å². The average molecular weight is 431 g/mol. The fraction of sp³-hybridized carbons (Fsp3) is 0.556. The third-order valence-electron chi connectivity index (χ3n) is 5.19. The van der Waals surface area contributed by atoms with E-state index < -0.39 is 10.0 Å². The van der Waals surface area contributed by atoms with Gasteiger partial charge in [-0.15, -0.1) is 12.4 Å². The fourth-order valence-electron chi connectivity index (χ4n) is 3.47. The van der Waals surface area contributed by atoms with Crippen LogP contribution in [0.3, 0.4) is 0 Å². The molecule has 0 radical (unpaired) electrons. The summed E-state index contributed by atoms with van der Waals surface area (Å²) in [6.07, 6.45) is 0. The second-order valence-corrected chi connectivity index (χ2v) is 8.92. The Morgan fingerprint density at radius 3 is 2.18 bits per heavy atom. The molecule has 0 unspecified atom stereocenters. The number of benzene rings is 1. The van der Waals surface area contributed by atoms with Gasteiger partial charge in [-0.1, -0.05) is 0 Å². The topological polar surface area (TPSA) is 90.0 Å². The lowest BCUT2D eigenvalue weighted by Crippen LogP contribution is -2.52. The summed E-state index contributed by atoms with van der Waals surface area (Å²) in [5.74, 6) is -0.125. The molecule has 0 bridgehead atoms. The summed E-state index contributed by atoms with van der Waals surface area (Å²) in [5.41, 5.74) is 0.490. The maximum atomic E-state index is 12.8. The van der Waals surface area contributed by atoms with Crippen molar-refractivity contribution in [2.45, 2.75) is 24.8 Å². The molecule has 1 atom stereocenters. The van der Waals surface area contributed by atoms with E-state index in [1.807, 2.05) is 6.92 Å². The number of nitrogens with one attached hydrogen (secondary N) is 1. The van der Waals surface area contributed by atoms with E-state index in [4.69, 9.17) is 0 Å². The normalized spacial score (nSPS) is 21.1. The minimum atomic E-state index is -3.63. The Morgan fingerprint density at radius 1 is 1.04 bits per heavy atom. The summed E-state index contributed by atoms with van der Waals surface area (Å²) in [6.45, 7) is 6.97. The molecular weight excluding hydrogens is 404 g/mol. The molecule has 156 valence electrons. The maximum absolute atomic E-state index is 12.8. The molecule has 2 amide bonds. The van der Waals surface area contributed by atoms with Crippen LogP contribution in [-0.2, 0) is 14.8 Å². The summed E-state index contributed by atoms with van der Waals surface area (Å²) in [6, 6.07) is 6.25. The van der Waals surface area contributed by atoms with Crippen molar-refractivity contribution in [3.63, 3.8) is 0 Å². The van der Waals surface area contributed by atoms with Crippen molar-refractivity contribution < 1.29 is 18.0 Å². The molecule has 1 aromatic carbocycles. The zero-order chi connectivity index (χ0) is 19.6. The van der Waals surface area contributed by atoms with Crippen LogP contribution in [0, 0.1) is 0 Å². The first-order chi connectivity index (χ1) is 12.8. The van der Waals surface area contributed by atoms with Gasteiger partial charge in [-0.05, 0) is 31.2 Å². The second kappa shape index (κ2) is 9.21. The molecule has 0 aliphatic carbocycles. The number of sulfonamides is 1. The monoisotopic (exact) mass is 430 g/mol. The summed E-state index contributed by atoms with van der Waals surface area (Å²) in [7, 11) is -3.63. The minimum absolute atomic E-state index is 0. The highest BCUT2D eigenvalue weighted by Gasteiger charge is 2.30. The first kappa shape index (κ1) is 22.6. The lowest BCUT2D eigenvalue weighted by molar-refractivity contribution is -0.129. The molecule has 2 aliphatic heterocycles. The molecule has 1 aromatic rings. The van der Waals surface area contributed by atoms with Gasteiger partial charge in [0.2, 0.25) is 15.9 Å². The molecule has 8 nitrogen and oxygen atoms in total. The number of hydrogen-bond acceptors (Lipinski definition) is 5. The fourth-order valence-corrected chi connectivity index (χ4v) is 4.89. The van der Waals surface area contributed by atoms with Crippen molar-refractivity contribution in [2.75, 3.05) is 45.8 Å². The number of nitrogens with zero attached hydrogens (tertiary/aromatic N) is 3. The van der Waals surface area contributed by atoms with Crippen molar-refractivity contribution >= 4 is 34.2 Å². The molecule has 0 aromatic heterocycles. The third kappa shape index (κ3) is 4.65. The number of hydrogen-bond donors (Lipinski definition) is 1. The minimum Gasteiger partial charge on any atom is -0.340 e. The number of piperazine rings is 2. The van der Waals surface area contributed by atoms with E-state index >= 15 is 0 Å². The molecular formula is C18H27ClN4O4S. The molecule has 10 heteroatoms. The van der Waals surface area contributed by atoms with Crippen LogP contribution < -0.4 is 5.32 Å². The summed E-state index contributed by atoms with van der Waals surface area (Å²) >= 11 is 0. The van der Waals surface area contributed by atoms with Crippen LogP contribution in [0.25, 0.3) is 0 Å². The van der Waals surface area contributed by atoms with E-state index in [1.165, 1.54) is 23.4 Å². The van der Waals surface area contributed by atoms with Crippen LogP contribution in [0.2, 0.25) is 0 Å². The summed E-state index contributed by atoms with van der Waals surface area (Å²) in [5, 5.41) is 3.24. The molecule has 1 N–H and O–H groups in total. The SMILES string of the molecule is CC(=O)N1CCN(S(=O)(=O)c2ccc(C(=O)N3CCNC[C@@H]3C)cc2)CC1.Cl. The Kier molecular flexibility index (Phi) is 7.44. The van der Waals surface area contributed by atoms with Crippen molar-refractivity contribution in [3.05, 3.63) is 29.8 Å². The highest BCUT2D eigenvalue weighted by molar-refractivity contribution is 7.89. The summed E-state index contributed by atoms with van der Waals surface area (Å²) < 4.78 is 27.0. The number of amides is 2. The number of rotatable bonds is 3. The van der Waals surface area contributed by atoms with Crippen LogP contribution in [-0.4, -0.2) is 86.2 Å². The van der Waals surface area contributed by atoms with Gasteiger partial charge in [0.25, 0.3) is 5.91 Å². The van der Waals surface area contributed by atoms with E-state index in [2.05, 4.69) is 5.32 Å². The van der Waals surface area contributed by atoms with Crippen molar-refractivity contribution in [2.24, 2.45) is 0 Å². The molecule has 2 heterocycles. The van der Waals surface area contributed by atoms with Gasteiger partial charge in [-0.25, -0.2) is 8.42 Å². The lowest BCUT2D eigenvalue weighted by atomic mass is 10.1. The zero-order valence-electron chi connectivity index (χ0n) is 16.1. The standard InChI is InChI=1S/C18H26N4O4S.ClH/c1-14-13-19-7-8-22(14)18(24)16-3-5-17(6-4-16)27(25,26)21-11-9-20(10-12-21)15(2)23;/h3-6,14,19H,7-13H2,1-2H3;1H/t14-;/m0./s1. The van der Waals surface area contributed by atoms with Crippen LogP contribution in [0.1, 0.15) is 24.2 Å². The third-order valence-corrected chi connectivity index (χ3v) is 7.10. The smallest absolute Gasteiger partial charge is 0.254 e. The predicted octanol–water partition coefficient (Wildman–Crippen LogP) is 0.395. The maximum Gasteiger partial charge on any atom is 0.254 e. The van der Waals surface area contributed by atoms with Gasteiger partial charge >= 0.3 is 0 Å². The Hall–Kier alpha value is -1.68. The molecule has 2 aliphatic rings. The van der Waals surface area contributed by atoms with Gasteiger partial charge in [0.15, 0.2) is 0 Å². The van der Waals surface area contributed by atoms with Crippen molar-refractivity contribution in [1.29, 1.82) is 0 Å². The van der Waals surface area contributed by atoms with Crippen LogP contribution in [0.15, 0.2) is 29.2 Å². The number of carbonyl (C=O) groups is 2. The van der Waals surface area contributed by atoms with Gasteiger partial charge in [0.1, 0.15) is 0 Å². The Labute approximate surface area is 172 Å². The highest BCUT2D eigenvalue weighted by Crippen LogP contribution is 2.19. The van der Waals surface area contributed by atoms with Crippen LogP contribution in [0.5, 0.6) is 0 Å². The van der Waals surface area contributed by atoms with E-state index in [9.17, 15) is 18.0 Å². The first-order valence-electron chi connectivity index (χ1n) is 9.18. The number of carbonyl (C=O) groups excluding carboxylic acids is 2. The van der Waals surface area contributed by atoms with Crippen molar-refractivity contribution in [1.82, 2.24) is 19.4 Å². The van der Waals surface area contributed by atoms with Gasteiger partial charge < -0.3 is 15.1 Å². The Balaban J connectivity index is 0.00000280. The van der Waals surface area contributed by atoms with Gasteiger partial charge in [-0.3, -0.25) is 9.59 Å². The molecule has 2 saturated heterocycles. The predicted molar refractivity (Wildman–Crippen MR) is 108 cm³/mol. The average Bonchev–Trinajstić information content (AvgIpc) is 2.68. The van der Waals surface area contributed by atoms with Gasteiger partial charge in [-0.2, -0.15) is 4.31 Å². The quantitative estimate of drug-likeness (QED) is 0.749. The highest BCUT2D eigenvalue weighted by atomic mass is 35.5. The van der Waals surface area contributed by atoms with Gasteiger partial charge in [0, 0.05) is 64.3 Å². The Bertz CT molecular complexity index is 807. The second-order valence-electron chi connectivity index (χ2n) is 6.99. The molecule has 0 saturated carbocycles. The summed E-state index contributed by atoms with van der Waals surface area (Å²) in [4.78, 5) is 27.7. The van der Waals surface area contributed by atoms with E-state index in [-0.39, 0.29) is 48.2 Å².